The van der Waals surface area contributed by atoms with Gasteiger partial charge in [-0.15, -0.1) is 0 Å². The van der Waals surface area contributed by atoms with E-state index in [0.717, 1.165) is 12.1 Å². The molecule has 128 valence electrons. The Labute approximate surface area is 135 Å². The van der Waals surface area contributed by atoms with Crippen LogP contribution in [0.3, 0.4) is 0 Å². The molecule has 0 atom stereocenters. The molecule has 11 nitrogen and oxygen atoms in total. The number of hydrogen-bond donors (Lipinski definition) is 2. The number of carbonyl (C=O) groups is 2. The molecular weight excluding hydrogens is 324 g/mol. The van der Waals surface area contributed by atoms with Gasteiger partial charge in [-0.05, 0) is 12.8 Å². The summed E-state index contributed by atoms with van der Waals surface area (Å²) in [4.78, 5) is 44.5. The van der Waals surface area contributed by atoms with E-state index in [-0.39, 0.29) is 18.8 Å². The van der Waals surface area contributed by atoms with Gasteiger partial charge >= 0.3 is 17.3 Å². The van der Waals surface area contributed by atoms with E-state index in [1.807, 2.05) is 0 Å². The third-order valence-corrected chi connectivity index (χ3v) is 3.92. The zero-order valence-electron chi connectivity index (χ0n) is 12.4. The molecule has 1 heterocycles. The van der Waals surface area contributed by atoms with Crippen LogP contribution >= 0.6 is 0 Å². The zero-order chi connectivity index (χ0) is 18.0. The van der Waals surface area contributed by atoms with Gasteiger partial charge in [-0.1, -0.05) is 0 Å². The molecule has 0 unspecified atom stereocenters. The molecule has 3 N–H and O–H groups in total. The average Bonchev–Trinajstić information content (AvgIpc) is 2.53. The smallest absolute Gasteiger partial charge is 0.336 e. The summed E-state index contributed by atoms with van der Waals surface area (Å²) in [5.74, 6) is -2.38. The van der Waals surface area contributed by atoms with Crippen molar-refractivity contribution in [2.45, 2.75) is 12.8 Å². The van der Waals surface area contributed by atoms with Crippen molar-refractivity contribution in [3.63, 3.8) is 0 Å². The molecule has 1 aromatic carbocycles. The Morgan fingerprint density at radius 3 is 1.92 bits per heavy atom. The molecule has 0 aromatic heterocycles. The molecule has 24 heavy (non-hydrogen) atoms. The van der Waals surface area contributed by atoms with E-state index >= 15 is 0 Å². The highest BCUT2D eigenvalue weighted by Gasteiger charge is 2.35. The molecule has 1 saturated heterocycles. The third kappa shape index (κ3) is 3.24. The molecule has 1 amide bonds. The summed E-state index contributed by atoms with van der Waals surface area (Å²) >= 11 is 0. The highest BCUT2D eigenvalue weighted by Crippen LogP contribution is 2.40. The minimum atomic E-state index is -1.50. The second kappa shape index (κ2) is 6.48. The van der Waals surface area contributed by atoms with E-state index in [1.54, 1.807) is 0 Å². The number of nitro groups is 2. The maximum absolute atomic E-state index is 11.3. The van der Waals surface area contributed by atoms with Gasteiger partial charge in [-0.3, -0.25) is 25.0 Å². The van der Waals surface area contributed by atoms with Crippen molar-refractivity contribution in [3.8, 4) is 0 Å². The van der Waals surface area contributed by atoms with Gasteiger partial charge in [-0.25, -0.2) is 4.79 Å². The topological polar surface area (TPSA) is 170 Å². The number of piperidine rings is 1. The molecule has 1 aliphatic heterocycles. The van der Waals surface area contributed by atoms with Gasteiger partial charge in [0.05, 0.1) is 15.4 Å². The third-order valence-electron chi connectivity index (χ3n) is 3.92. The lowest BCUT2D eigenvalue weighted by Crippen LogP contribution is -2.39. The molecule has 1 fully saturated rings. The second-order valence-corrected chi connectivity index (χ2v) is 5.35. The predicted octanol–water partition coefficient (Wildman–Crippen LogP) is 0.903. The molecule has 0 bridgehead atoms. The van der Waals surface area contributed by atoms with Gasteiger partial charge in [-0.2, -0.15) is 0 Å². The summed E-state index contributed by atoms with van der Waals surface area (Å²) in [5, 5.41) is 31.5. The van der Waals surface area contributed by atoms with Crippen molar-refractivity contribution in [3.05, 3.63) is 37.9 Å². The van der Waals surface area contributed by atoms with Crippen LogP contribution in [0.5, 0.6) is 0 Å². The summed E-state index contributed by atoms with van der Waals surface area (Å²) in [6, 6.07) is 1.59. The van der Waals surface area contributed by atoms with Crippen molar-refractivity contribution in [2.75, 3.05) is 18.0 Å². The van der Waals surface area contributed by atoms with E-state index in [0.29, 0.717) is 12.8 Å². The Hall–Kier alpha value is -3.24. The first-order valence-corrected chi connectivity index (χ1v) is 6.96. The lowest BCUT2D eigenvalue weighted by molar-refractivity contribution is -0.392. The summed E-state index contributed by atoms with van der Waals surface area (Å²) in [6.07, 6.45) is 0.620. The molecule has 0 spiro atoms. The predicted molar refractivity (Wildman–Crippen MR) is 80.8 cm³/mol. The first kappa shape index (κ1) is 17.1. The number of carboxylic acids is 1. The fourth-order valence-corrected chi connectivity index (χ4v) is 2.72. The number of nitro benzene ring substituents is 2. The molecule has 0 radical (unpaired) electrons. The maximum Gasteiger partial charge on any atom is 0.336 e. The van der Waals surface area contributed by atoms with Crippen LogP contribution in [-0.2, 0) is 4.79 Å². The standard InChI is InChI=1S/C13H14N4O7/c14-12(18)7-1-3-15(4-2-7)11-9(16(21)22)5-8(13(19)20)6-10(11)17(23)24/h5-7H,1-4H2,(H2,14,18)(H,19,20). The monoisotopic (exact) mass is 338 g/mol. The SMILES string of the molecule is NC(=O)C1CCN(c2c([N+](=O)[O-])cc(C(=O)O)cc2[N+](=O)[O-])CC1. The Bertz CT molecular complexity index is 690. The Kier molecular flexibility index (Phi) is 4.62. The van der Waals surface area contributed by atoms with Crippen molar-refractivity contribution < 1.29 is 24.5 Å². The Balaban J connectivity index is 2.51. The zero-order valence-corrected chi connectivity index (χ0v) is 12.4. The number of aromatic carboxylic acids is 1. The van der Waals surface area contributed by atoms with Gasteiger partial charge in [0.1, 0.15) is 0 Å². The number of nitrogens with zero attached hydrogens (tertiary/aromatic N) is 3. The van der Waals surface area contributed by atoms with Crippen LogP contribution in [-0.4, -0.2) is 39.9 Å². The number of primary amides is 1. The van der Waals surface area contributed by atoms with Crippen molar-refractivity contribution in [2.24, 2.45) is 11.7 Å². The Morgan fingerprint density at radius 1 is 1.12 bits per heavy atom. The lowest BCUT2D eigenvalue weighted by atomic mass is 9.95. The average molecular weight is 338 g/mol. The fraction of sp³-hybridized carbons (Fsp3) is 0.385. The first-order chi connectivity index (χ1) is 11.2. The van der Waals surface area contributed by atoms with Gasteiger partial charge < -0.3 is 15.7 Å². The number of nitrogens with two attached hydrogens (primary N) is 1. The van der Waals surface area contributed by atoms with E-state index in [4.69, 9.17) is 10.8 Å². The highest BCUT2D eigenvalue weighted by atomic mass is 16.6. The summed E-state index contributed by atoms with van der Waals surface area (Å²) in [7, 11) is 0. The van der Waals surface area contributed by atoms with Gasteiger partial charge in [0.25, 0.3) is 0 Å². The molecule has 0 aliphatic carbocycles. The maximum atomic E-state index is 11.3. The van der Waals surface area contributed by atoms with Crippen LogP contribution in [0.15, 0.2) is 12.1 Å². The first-order valence-electron chi connectivity index (χ1n) is 6.96. The lowest BCUT2D eigenvalue weighted by Gasteiger charge is -2.31. The Morgan fingerprint density at radius 2 is 1.58 bits per heavy atom. The second-order valence-electron chi connectivity index (χ2n) is 5.35. The van der Waals surface area contributed by atoms with E-state index in [2.05, 4.69) is 0 Å². The molecule has 11 heteroatoms. The minimum Gasteiger partial charge on any atom is -0.478 e. The molecular formula is C13H14N4O7. The van der Waals surface area contributed by atoms with Crippen LogP contribution in [0.2, 0.25) is 0 Å². The quantitative estimate of drug-likeness (QED) is 0.589. The fourth-order valence-electron chi connectivity index (χ4n) is 2.72. The number of carbonyl (C=O) groups excluding carboxylic acids is 1. The van der Waals surface area contributed by atoms with Gasteiger partial charge in [0.15, 0.2) is 5.69 Å². The van der Waals surface area contributed by atoms with E-state index in [1.165, 1.54) is 4.90 Å². The number of rotatable bonds is 5. The van der Waals surface area contributed by atoms with Crippen LogP contribution in [0, 0.1) is 26.1 Å². The van der Waals surface area contributed by atoms with Crippen LogP contribution in [0.1, 0.15) is 23.2 Å². The minimum absolute atomic E-state index is 0.168. The van der Waals surface area contributed by atoms with Crippen molar-refractivity contribution in [1.29, 1.82) is 0 Å². The van der Waals surface area contributed by atoms with Crippen LogP contribution in [0.25, 0.3) is 0 Å². The van der Waals surface area contributed by atoms with E-state index in [9.17, 15) is 29.8 Å². The highest BCUT2D eigenvalue weighted by molar-refractivity contribution is 5.92. The number of benzene rings is 1. The van der Waals surface area contributed by atoms with E-state index < -0.39 is 44.6 Å². The van der Waals surface area contributed by atoms with Gasteiger partial charge in [0, 0.05) is 31.1 Å². The van der Waals surface area contributed by atoms with Crippen LogP contribution in [0.4, 0.5) is 17.1 Å². The summed E-state index contributed by atoms with van der Waals surface area (Å²) < 4.78 is 0. The van der Waals surface area contributed by atoms with Gasteiger partial charge in [0.2, 0.25) is 5.91 Å². The molecule has 0 saturated carbocycles. The van der Waals surface area contributed by atoms with Crippen LogP contribution < -0.4 is 10.6 Å². The molecule has 1 aliphatic rings. The number of amides is 1. The number of carboxylic acid groups (broad SMARTS) is 1. The van der Waals surface area contributed by atoms with Crippen molar-refractivity contribution >= 4 is 28.9 Å². The normalized spacial score (nSPS) is 15.1. The number of anilines is 1. The summed E-state index contributed by atoms with van der Waals surface area (Å²) in [6.45, 7) is 0.337. The molecule has 1 aromatic rings. The van der Waals surface area contributed by atoms with Crippen molar-refractivity contribution in [1.82, 2.24) is 0 Å². The summed E-state index contributed by atoms with van der Waals surface area (Å²) in [5.41, 5.74) is 3.12. The molecule has 2 rings (SSSR count). The number of hydrogen-bond acceptors (Lipinski definition) is 7. The largest absolute Gasteiger partial charge is 0.478 e.